The monoisotopic (exact) mass is 334 g/mol. The van der Waals surface area contributed by atoms with Gasteiger partial charge in [-0.2, -0.15) is 0 Å². The first kappa shape index (κ1) is 20.1. The van der Waals surface area contributed by atoms with E-state index in [1.54, 1.807) is 31.2 Å². The van der Waals surface area contributed by atoms with Crippen LogP contribution < -0.4 is 9.47 Å². The highest BCUT2D eigenvalue weighted by Crippen LogP contribution is 2.29. The Labute approximate surface area is 145 Å². The van der Waals surface area contributed by atoms with Gasteiger partial charge in [-0.1, -0.05) is 51.7 Å². The third-order valence-corrected chi connectivity index (χ3v) is 3.57. The van der Waals surface area contributed by atoms with Gasteiger partial charge in [-0.15, -0.1) is 0 Å². The molecule has 24 heavy (non-hydrogen) atoms. The summed E-state index contributed by atoms with van der Waals surface area (Å²) >= 11 is 0. The summed E-state index contributed by atoms with van der Waals surface area (Å²) in [4.78, 5) is 11.8. The van der Waals surface area contributed by atoms with Gasteiger partial charge in [0.25, 0.3) is 0 Å². The number of rotatable bonds is 13. The van der Waals surface area contributed by atoms with Crippen molar-refractivity contribution in [2.75, 3.05) is 19.8 Å². The predicted molar refractivity (Wildman–Crippen MR) is 97.0 cm³/mol. The number of hydrogen-bond donors (Lipinski definition) is 0. The van der Waals surface area contributed by atoms with Crippen molar-refractivity contribution in [3.8, 4) is 11.5 Å². The second-order valence-electron chi connectivity index (χ2n) is 5.60. The van der Waals surface area contributed by atoms with Gasteiger partial charge >= 0.3 is 5.97 Å². The van der Waals surface area contributed by atoms with Crippen LogP contribution in [0, 0.1) is 0 Å². The summed E-state index contributed by atoms with van der Waals surface area (Å²) in [6.45, 7) is 9.00. The first-order valence-corrected chi connectivity index (χ1v) is 8.90. The van der Waals surface area contributed by atoms with Crippen LogP contribution in [0.5, 0.6) is 11.5 Å². The SMILES string of the molecule is C=CCOc1cc(C(=O)OCC)ccc1OCCCCCCCC. The number of benzene rings is 1. The van der Waals surface area contributed by atoms with Gasteiger partial charge < -0.3 is 14.2 Å². The minimum Gasteiger partial charge on any atom is -0.490 e. The number of hydrogen-bond acceptors (Lipinski definition) is 4. The van der Waals surface area contributed by atoms with E-state index < -0.39 is 0 Å². The van der Waals surface area contributed by atoms with Crippen molar-refractivity contribution in [2.45, 2.75) is 52.4 Å². The fraction of sp³-hybridized carbons (Fsp3) is 0.550. The van der Waals surface area contributed by atoms with Gasteiger partial charge in [0.1, 0.15) is 6.61 Å². The van der Waals surface area contributed by atoms with E-state index in [1.807, 2.05) is 0 Å². The number of carbonyl (C=O) groups excluding carboxylic acids is 1. The molecule has 0 aliphatic rings. The van der Waals surface area contributed by atoms with E-state index in [0.29, 0.717) is 36.9 Å². The van der Waals surface area contributed by atoms with Crippen LogP contribution in [-0.2, 0) is 4.74 Å². The van der Waals surface area contributed by atoms with E-state index in [2.05, 4.69) is 13.5 Å². The molecule has 0 unspecified atom stereocenters. The number of carbonyl (C=O) groups is 1. The average Bonchev–Trinajstić information content (AvgIpc) is 2.60. The molecule has 0 bridgehead atoms. The van der Waals surface area contributed by atoms with Crippen LogP contribution in [0.4, 0.5) is 0 Å². The second kappa shape index (κ2) is 12.5. The van der Waals surface area contributed by atoms with Crippen LogP contribution in [0.3, 0.4) is 0 Å². The van der Waals surface area contributed by atoms with E-state index in [0.717, 1.165) is 6.42 Å². The molecule has 1 aromatic carbocycles. The molecule has 0 aliphatic heterocycles. The summed E-state index contributed by atoms with van der Waals surface area (Å²) in [6, 6.07) is 5.13. The van der Waals surface area contributed by atoms with Crippen LogP contribution in [-0.4, -0.2) is 25.8 Å². The van der Waals surface area contributed by atoms with E-state index in [-0.39, 0.29) is 5.97 Å². The zero-order valence-electron chi connectivity index (χ0n) is 15.0. The Morgan fingerprint density at radius 3 is 2.50 bits per heavy atom. The van der Waals surface area contributed by atoms with Gasteiger partial charge in [0.05, 0.1) is 18.8 Å². The zero-order valence-corrected chi connectivity index (χ0v) is 15.0. The van der Waals surface area contributed by atoms with E-state index in [1.165, 1.54) is 32.1 Å². The van der Waals surface area contributed by atoms with Gasteiger partial charge in [-0.25, -0.2) is 4.79 Å². The molecule has 0 N–H and O–H groups in total. The maximum Gasteiger partial charge on any atom is 0.338 e. The molecule has 4 nitrogen and oxygen atoms in total. The first-order valence-electron chi connectivity index (χ1n) is 8.90. The van der Waals surface area contributed by atoms with Crippen molar-refractivity contribution in [1.82, 2.24) is 0 Å². The fourth-order valence-corrected chi connectivity index (χ4v) is 2.29. The van der Waals surface area contributed by atoms with Crippen molar-refractivity contribution < 1.29 is 19.0 Å². The third kappa shape index (κ3) is 7.53. The Morgan fingerprint density at radius 1 is 1.04 bits per heavy atom. The molecule has 134 valence electrons. The van der Waals surface area contributed by atoms with E-state index in [9.17, 15) is 4.79 Å². The lowest BCUT2D eigenvalue weighted by atomic mass is 10.1. The minimum absolute atomic E-state index is 0.345. The molecule has 0 aromatic heterocycles. The Balaban J connectivity index is 2.57. The third-order valence-electron chi connectivity index (χ3n) is 3.57. The largest absolute Gasteiger partial charge is 0.490 e. The van der Waals surface area contributed by atoms with Gasteiger partial charge in [0.2, 0.25) is 0 Å². The summed E-state index contributed by atoms with van der Waals surface area (Å²) < 4.78 is 16.5. The molecule has 0 spiro atoms. The van der Waals surface area contributed by atoms with E-state index >= 15 is 0 Å². The molecule has 0 fully saturated rings. The molecule has 1 aromatic rings. The van der Waals surface area contributed by atoms with Crippen LogP contribution in [0.2, 0.25) is 0 Å². The molecule has 0 amide bonds. The van der Waals surface area contributed by atoms with Gasteiger partial charge in [0.15, 0.2) is 11.5 Å². The van der Waals surface area contributed by atoms with Crippen LogP contribution >= 0.6 is 0 Å². The lowest BCUT2D eigenvalue weighted by Crippen LogP contribution is -2.07. The van der Waals surface area contributed by atoms with Crippen molar-refractivity contribution in [1.29, 1.82) is 0 Å². The topological polar surface area (TPSA) is 44.8 Å². The Bertz CT molecular complexity index is 496. The smallest absolute Gasteiger partial charge is 0.338 e. The van der Waals surface area contributed by atoms with Crippen LogP contribution in [0.25, 0.3) is 0 Å². The van der Waals surface area contributed by atoms with Crippen molar-refractivity contribution >= 4 is 5.97 Å². The molecule has 0 atom stereocenters. The summed E-state index contributed by atoms with van der Waals surface area (Å²) in [5.41, 5.74) is 0.461. The molecule has 0 aliphatic carbocycles. The first-order chi connectivity index (χ1) is 11.7. The number of unbranched alkanes of at least 4 members (excludes halogenated alkanes) is 5. The highest BCUT2D eigenvalue weighted by Gasteiger charge is 2.12. The van der Waals surface area contributed by atoms with E-state index in [4.69, 9.17) is 14.2 Å². The molecular formula is C20H30O4. The molecule has 0 heterocycles. The fourth-order valence-electron chi connectivity index (χ4n) is 2.29. The molecule has 0 radical (unpaired) electrons. The van der Waals surface area contributed by atoms with Crippen LogP contribution in [0.1, 0.15) is 62.7 Å². The normalized spacial score (nSPS) is 10.2. The highest BCUT2D eigenvalue weighted by atomic mass is 16.5. The number of esters is 1. The molecule has 1 rings (SSSR count). The zero-order chi connectivity index (χ0) is 17.6. The summed E-state index contributed by atoms with van der Waals surface area (Å²) in [5, 5.41) is 0. The van der Waals surface area contributed by atoms with Crippen molar-refractivity contribution in [3.05, 3.63) is 36.4 Å². The number of ether oxygens (including phenoxy) is 3. The summed E-state index contributed by atoms with van der Waals surface area (Å²) in [5.74, 6) is 0.841. The predicted octanol–water partition coefficient (Wildman–Crippen LogP) is 5.17. The van der Waals surface area contributed by atoms with Gasteiger partial charge in [-0.05, 0) is 31.5 Å². The average molecular weight is 334 g/mol. The standard InChI is InChI=1S/C20H30O4/c1-4-7-8-9-10-11-15-24-18-13-12-17(20(21)22-6-3)16-19(18)23-14-5-2/h5,12-13,16H,2,4,6-11,14-15H2,1,3H3. The maximum absolute atomic E-state index is 11.8. The second-order valence-corrected chi connectivity index (χ2v) is 5.60. The summed E-state index contributed by atoms with van der Waals surface area (Å²) in [6.07, 6.45) is 8.95. The Morgan fingerprint density at radius 2 is 1.79 bits per heavy atom. The summed E-state index contributed by atoms with van der Waals surface area (Å²) in [7, 11) is 0. The highest BCUT2D eigenvalue weighted by molar-refractivity contribution is 5.90. The minimum atomic E-state index is -0.358. The lowest BCUT2D eigenvalue weighted by molar-refractivity contribution is 0.0526. The van der Waals surface area contributed by atoms with Crippen molar-refractivity contribution in [2.24, 2.45) is 0 Å². The molecule has 4 heteroatoms. The molecule has 0 saturated heterocycles. The maximum atomic E-state index is 11.8. The van der Waals surface area contributed by atoms with Gasteiger partial charge in [-0.3, -0.25) is 0 Å². The Kier molecular flexibility index (Phi) is 10.4. The molecular weight excluding hydrogens is 304 g/mol. The lowest BCUT2D eigenvalue weighted by Gasteiger charge is -2.13. The van der Waals surface area contributed by atoms with Crippen LogP contribution in [0.15, 0.2) is 30.9 Å². The van der Waals surface area contributed by atoms with Crippen molar-refractivity contribution in [3.63, 3.8) is 0 Å². The quantitative estimate of drug-likeness (QED) is 0.284. The molecule has 0 saturated carbocycles. The Hall–Kier alpha value is -1.97. The van der Waals surface area contributed by atoms with Gasteiger partial charge in [0, 0.05) is 0 Å².